The van der Waals surface area contributed by atoms with E-state index in [-0.39, 0.29) is 23.0 Å². The van der Waals surface area contributed by atoms with Gasteiger partial charge in [0, 0.05) is 34.0 Å². The summed E-state index contributed by atoms with van der Waals surface area (Å²) in [5.74, 6) is 0. The number of hydrogen-bond donors (Lipinski definition) is 0. The molecule has 8 aromatic carbocycles. The SMILES string of the molecule is Cc1cc2c3c(c1)N(c1ccc(C(C)(C)C)cc1-c1ccccc1)c1cc4c(cc1B3c1cc(-c3ccccc3C)ccc1N2c1ccc(-c2ccccc2C)cc1)C(C)(C)CCC4(C)C. The molecule has 2 aliphatic heterocycles. The summed E-state index contributed by atoms with van der Waals surface area (Å²) in [6.45, 7) is 23.6. The van der Waals surface area contributed by atoms with Gasteiger partial charge in [-0.2, -0.15) is 0 Å². The second kappa shape index (κ2) is 15.2. The fourth-order valence-corrected chi connectivity index (χ4v) is 11.5. The molecule has 0 radical (unpaired) electrons. The van der Waals surface area contributed by atoms with Gasteiger partial charge >= 0.3 is 0 Å². The highest BCUT2D eigenvalue weighted by Gasteiger charge is 2.47. The Morgan fingerprint density at radius 1 is 0.439 bits per heavy atom. The van der Waals surface area contributed by atoms with E-state index in [0.717, 1.165) is 18.5 Å². The van der Waals surface area contributed by atoms with Gasteiger partial charge in [0.2, 0.25) is 0 Å². The topological polar surface area (TPSA) is 6.48 Å². The third-order valence-electron chi connectivity index (χ3n) is 15.4. The van der Waals surface area contributed by atoms with E-state index in [4.69, 9.17) is 0 Å². The lowest BCUT2D eigenvalue weighted by Crippen LogP contribution is -2.62. The Kier molecular flexibility index (Phi) is 9.72. The molecule has 8 aromatic rings. The number of anilines is 6. The lowest BCUT2D eigenvalue weighted by molar-refractivity contribution is 0.332. The summed E-state index contributed by atoms with van der Waals surface area (Å²) in [6.07, 6.45) is 2.32. The lowest BCUT2D eigenvalue weighted by atomic mass is 9.33. The average Bonchev–Trinajstić information content (AvgIpc) is 3.30. The predicted molar refractivity (Wildman–Crippen MR) is 285 cm³/mol. The molecule has 0 spiro atoms. The molecule has 0 bridgehead atoms. The Labute approximate surface area is 394 Å². The van der Waals surface area contributed by atoms with Crippen LogP contribution in [0.4, 0.5) is 34.1 Å². The quantitative estimate of drug-likeness (QED) is 0.159. The third-order valence-corrected chi connectivity index (χ3v) is 15.4. The molecule has 0 fully saturated rings. The summed E-state index contributed by atoms with van der Waals surface area (Å²) >= 11 is 0. The molecule has 0 atom stereocenters. The zero-order chi connectivity index (χ0) is 45.9. The monoisotopic (exact) mass is 856 g/mol. The maximum atomic E-state index is 2.67. The van der Waals surface area contributed by atoms with Crippen LogP contribution in [0.5, 0.6) is 0 Å². The van der Waals surface area contributed by atoms with Crippen LogP contribution in [0.25, 0.3) is 33.4 Å². The molecule has 11 rings (SSSR count). The summed E-state index contributed by atoms with van der Waals surface area (Å²) in [7, 11) is 0. The molecule has 3 heteroatoms. The minimum Gasteiger partial charge on any atom is -0.311 e. The first-order chi connectivity index (χ1) is 31.6. The Morgan fingerprint density at radius 2 is 0.970 bits per heavy atom. The molecule has 0 saturated heterocycles. The summed E-state index contributed by atoms with van der Waals surface area (Å²) < 4.78 is 0. The van der Waals surface area contributed by atoms with Crippen molar-refractivity contribution in [1.82, 2.24) is 0 Å². The first-order valence-corrected chi connectivity index (χ1v) is 24.1. The largest absolute Gasteiger partial charge is 0.311 e. The van der Waals surface area contributed by atoms with Gasteiger partial charge in [-0.25, -0.2) is 0 Å². The number of rotatable bonds is 5. The van der Waals surface area contributed by atoms with E-state index in [2.05, 4.69) is 243 Å². The molecule has 0 aromatic heterocycles. The van der Waals surface area contributed by atoms with Gasteiger partial charge in [0.15, 0.2) is 0 Å². The summed E-state index contributed by atoms with van der Waals surface area (Å²) in [4.78, 5) is 5.23. The van der Waals surface area contributed by atoms with Gasteiger partial charge in [0.05, 0.1) is 5.69 Å². The van der Waals surface area contributed by atoms with Gasteiger partial charge in [-0.15, -0.1) is 0 Å². The predicted octanol–water partition coefficient (Wildman–Crippen LogP) is 15.3. The summed E-state index contributed by atoms with van der Waals surface area (Å²) in [5.41, 5.74) is 27.2. The van der Waals surface area contributed by atoms with Crippen LogP contribution in [-0.2, 0) is 16.2 Å². The van der Waals surface area contributed by atoms with Gasteiger partial charge in [0.1, 0.15) is 0 Å². The van der Waals surface area contributed by atoms with Gasteiger partial charge in [-0.1, -0.05) is 164 Å². The Hall–Kier alpha value is -6.58. The van der Waals surface area contributed by atoms with Crippen molar-refractivity contribution in [3.8, 4) is 33.4 Å². The maximum absolute atomic E-state index is 2.67. The highest BCUT2D eigenvalue weighted by molar-refractivity contribution is 7.00. The van der Waals surface area contributed by atoms with Crippen LogP contribution in [0, 0.1) is 20.8 Å². The fraction of sp³-hybridized carbons (Fsp3) is 0.238. The van der Waals surface area contributed by atoms with Crippen molar-refractivity contribution in [1.29, 1.82) is 0 Å². The van der Waals surface area contributed by atoms with Gasteiger partial charge in [-0.3, -0.25) is 0 Å². The van der Waals surface area contributed by atoms with E-state index in [1.165, 1.54) is 112 Å². The highest BCUT2D eigenvalue weighted by Crippen LogP contribution is 2.52. The summed E-state index contributed by atoms with van der Waals surface area (Å²) in [5, 5.41) is 0. The lowest BCUT2D eigenvalue weighted by Gasteiger charge is -2.48. The van der Waals surface area contributed by atoms with Crippen molar-refractivity contribution in [3.05, 3.63) is 197 Å². The zero-order valence-electron chi connectivity index (χ0n) is 40.5. The molecule has 2 nitrogen and oxygen atoms in total. The molecular weight excluding hydrogens is 796 g/mol. The van der Waals surface area contributed by atoms with Crippen molar-refractivity contribution in [2.45, 2.75) is 98.3 Å². The van der Waals surface area contributed by atoms with E-state index >= 15 is 0 Å². The van der Waals surface area contributed by atoms with Crippen LogP contribution in [0.1, 0.15) is 94.7 Å². The minimum atomic E-state index is -0.0159. The number of hydrogen-bond acceptors (Lipinski definition) is 2. The molecule has 0 amide bonds. The van der Waals surface area contributed by atoms with Crippen molar-refractivity contribution in [2.24, 2.45) is 0 Å². The van der Waals surface area contributed by atoms with Crippen molar-refractivity contribution in [2.75, 3.05) is 9.80 Å². The first kappa shape index (κ1) is 42.1. The van der Waals surface area contributed by atoms with Crippen LogP contribution >= 0.6 is 0 Å². The molecule has 2 heterocycles. The second-order valence-electron chi connectivity index (χ2n) is 21.8. The Morgan fingerprint density at radius 3 is 1.61 bits per heavy atom. The molecule has 66 heavy (non-hydrogen) atoms. The average molecular weight is 857 g/mol. The highest BCUT2D eigenvalue weighted by atomic mass is 15.2. The van der Waals surface area contributed by atoms with Crippen molar-refractivity contribution < 1.29 is 0 Å². The molecule has 3 aliphatic rings. The number of nitrogens with zero attached hydrogens (tertiary/aromatic N) is 2. The van der Waals surface area contributed by atoms with E-state index in [9.17, 15) is 0 Å². The maximum Gasteiger partial charge on any atom is 0.252 e. The summed E-state index contributed by atoms with van der Waals surface area (Å²) in [6, 6.07) is 62.7. The van der Waals surface area contributed by atoms with E-state index in [0.29, 0.717) is 0 Å². The normalized spacial score (nSPS) is 15.5. The second-order valence-corrected chi connectivity index (χ2v) is 21.8. The molecular formula is C63H61BN2. The van der Waals surface area contributed by atoms with Gasteiger partial charge in [-0.05, 0) is 176 Å². The standard InChI is InChI=1S/C63H61BN2/c1-40-34-58-60-59(35-40)66(55-31-27-46(61(4,5)6)37-50(55)43-20-12-11-13-21-43)57-39-52-51(62(7,8)32-33-63(52,9)10)38-54(57)64(60)53-36-45(49-23-17-15-19-42(49)3)26-30-56(53)65(58)47-28-24-44(25-29-47)48-22-16-14-18-41(48)2/h11-31,34-39H,32-33H2,1-10H3. The molecule has 1 aliphatic carbocycles. The Balaban J connectivity index is 1.25. The molecule has 326 valence electrons. The van der Waals surface area contributed by atoms with Crippen molar-refractivity contribution >= 4 is 57.2 Å². The van der Waals surface area contributed by atoms with Gasteiger partial charge < -0.3 is 9.80 Å². The fourth-order valence-electron chi connectivity index (χ4n) is 11.5. The van der Waals surface area contributed by atoms with E-state index < -0.39 is 0 Å². The first-order valence-electron chi connectivity index (χ1n) is 24.1. The zero-order valence-corrected chi connectivity index (χ0v) is 40.5. The van der Waals surface area contributed by atoms with Gasteiger partial charge in [0.25, 0.3) is 6.71 Å². The molecule has 0 unspecified atom stereocenters. The van der Waals surface area contributed by atoms with Crippen LogP contribution in [0.3, 0.4) is 0 Å². The number of fused-ring (bicyclic) bond motifs is 5. The van der Waals surface area contributed by atoms with Crippen LogP contribution < -0.4 is 26.2 Å². The minimum absolute atomic E-state index is 0.00322. The van der Waals surface area contributed by atoms with E-state index in [1.54, 1.807) is 0 Å². The number of benzene rings is 8. The smallest absolute Gasteiger partial charge is 0.252 e. The van der Waals surface area contributed by atoms with Crippen molar-refractivity contribution in [3.63, 3.8) is 0 Å². The molecule has 0 N–H and O–H groups in total. The Bertz CT molecular complexity index is 3220. The third kappa shape index (κ3) is 6.76. The van der Waals surface area contributed by atoms with E-state index in [1.807, 2.05) is 0 Å². The molecule has 0 saturated carbocycles. The van der Waals surface area contributed by atoms with Crippen LogP contribution in [0.2, 0.25) is 0 Å². The van der Waals surface area contributed by atoms with Crippen LogP contribution in [-0.4, -0.2) is 6.71 Å². The number of aryl methyl sites for hydroxylation is 3. The van der Waals surface area contributed by atoms with Crippen LogP contribution in [0.15, 0.2) is 164 Å².